The number of methoxy groups -OCH3 is 2. The topological polar surface area (TPSA) is 74.3 Å². The molecule has 0 saturated carbocycles. The zero-order valence-corrected chi connectivity index (χ0v) is 18.0. The van der Waals surface area contributed by atoms with Crippen LogP contribution < -0.4 is 14.2 Å². The number of carbonyl (C=O) groups excluding carboxylic acids is 2. The van der Waals surface area contributed by atoms with Crippen molar-refractivity contribution in [2.75, 3.05) is 34.0 Å². The Morgan fingerprint density at radius 1 is 0.967 bits per heavy atom. The van der Waals surface area contributed by atoms with Gasteiger partial charge < -0.3 is 23.8 Å². The first kappa shape index (κ1) is 23.1. The first-order valence-corrected chi connectivity index (χ1v) is 9.81. The van der Waals surface area contributed by atoms with E-state index in [0.717, 1.165) is 16.9 Å². The van der Waals surface area contributed by atoms with E-state index in [2.05, 4.69) is 0 Å². The van der Waals surface area contributed by atoms with E-state index in [-0.39, 0.29) is 25.5 Å². The standard InChI is InChI=1S/C23H29NO6/c1-5-24(15-18-10-11-20(27-3)21(14-18)28-4)22(25)16-30-23(26)12-13-29-19-9-7-6-8-17(19)2/h6-11,14H,5,12-13,15-16H2,1-4H3. The van der Waals surface area contributed by atoms with E-state index in [1.807, 2.05) is 50.2 Å². The molecular weight excluding hydrogens is 386 g/mol. The molecule has 0 aliphatic carbocycles. The predicted octanol–water partition coefficient (Wildman–Crippen LogP) is 3.37. The average Bonchev–Trinajstić information content (AvgIpc) is 2.76. The van der Waals surface area contributed by atoms with Crippen LogP contribution in [0.15, 0.2) is 42.5 Å². The molecule has 0 heterocycles. The fourth-order valence-corrected chi connectivity index (χ4v) is 2.84. The summed E-state index contributed by atoms with van der Waals surface area (Å²) in [6.45, 7) is 4.57. The molecular formula is C23H29NO6. The van der Waals surface area contributed by atoms with Gasteiger partial charge in [0.05, 0.1) is 27.2 Å². The van der Waals surface area contributed by atoms with Gasteiger partial charge in [-0.1, -0.05) is 24.3 Å². The van der Waals surface area contributed by atoms with Crippen LogP contribution >= 0.6 is 0 Å². The second-order valence-electron chi connectivity index (χ2n) is 6.62. The van der Waals surface area contributed by atoms with Gasteiger partial charge in [-0.15, -0.1) is 0 Å². The van der Waals surface area contributed by atoms with Crippen molar-refractivity contribution < 1.29 is 28.5 Å². The molecule has 2 rings (SSSR count). The summed E-state index contributed by atoms with van der Waals surface area (Å²) in [6, 6.07) is 13.1. The Morgan fingerprint density at radius 3 is 2.37 bits per heavy atom. The highest BCUT2D eigenvalue weighted by Gasteiger charge is 2.16. The van der Waals surface area contributed by atoms with Crippen LogP contribution in [0.2, 0.25) is 0 Å². The highest BCUT2D eigenvalue weighted by atomic mass is 16.5. The summed E-state index contributed by atoms with van der Waals surface area (Å²) in [5, 5.41) is 0. The van der Waals surface area contributed by atoms with Gasteiger partial charge in [0.15, 0.2) is 18.1 Å². The Hall–Kier alpha value is -3.22. The van der Waals surface area contributed by atoms with Crippen molar-refractivity contribution in [3.8, 4) is 17.2 Å². The van der Waals surface area contributed by atoms with E-state index in [1.54, 1.807) is 25.2 Å². The average molecular weight is 415 g/mol. The first-order valence-electron chi connectivity index (χ1n) is 9.81. The number of likely N-dealkylation sites (N-methyl/N-ethyl adjacent to an activating group) is 1. The number of carbonyl (C=O) groups is 2. The van der Waals surface area contributed by atoms with Crippen molar-refractivity contribution in [3.63, 3.8) is 0 Å². The van der Waals surface area contributed by atoms with E-state index >= 15 is 0 Å². The van der Waals surface area contributed by atoms with Gasteiger partial charge in [0, 0.05) is 13.1 Å². The second kappa shape index (κ2) is 11.7. The molecule has 0 aromatic heterocycles. The quantitative estimate of drug-likeness (QED) is 0.524. The maximum absolute atomic E-state index is 12.5. The van der Waals surface area contributed by atoms with E-state index in [0.29, 0.717) is 24.6 Å². The monoisotopic (exact) mass is 415 g/mol. The van der Waals surface area contributed by atoms with Gasteiger partial charge >= 0.3 is 5.97 Å². The van der Waals surface area contributed by atoms with Crippen LogP contribution in [0.5, 0.6) is 17.2 Å². The van der Waals surface area contributed by atoms with Crippen LogP contribution in [0.4, 0.5) is 0 Å². The molecule has 0 saturated heterocycles. The van der Waals surface area contributed by atoms with Gasteiger partial charge in [0.1, 0.15) is 5.75 Å². The Balaban J connectivity index is 1.80. The lowest BCUT2D eigenvalue weighted by Gasteiger charge is -2.21. The second-order valence-corrected chi connectivity index (χ2v) is 6.62. The third kappa shape index (κ3) is 6.69. The van der Waals surface area contributed by atoms with Gasteiger partial charge in [0.2, 0.25) is 0 Å². The molecule has 2 aromatic rings. The van der Waals surface area contributed by atoms with Crippen molar-refractivity contribution in [2.24, 2.45) is 0 Å². The molecule has 0 aliphatic rings. The molecule has 2 aromatic carbocycles. The molecule has 0 fully saturated rings. The number of ether oxygens (including phenoxy) is 4. The number of para-hydroxylation sites is 1. The minimum absolute atomic E-state index is 0.0728. The maximum Gasteiger partial charge on any atom is 0.309 e. The van der Waals surface area contributed by atoms with Crippen molar-refractivity contribution in [2.45, 2.75) is 26.8 Å². The first-order chi connectivity index (χ1) is 14.5. The minimum Gasteiger partial charge on any atom is -0.493 e. The molecule has 0 radical (unpaired) electrons. The Morgan fingerprint density at radius 2 is 1.70 bits per heavy atom. The summed E-state index contributed by atoms with van der Waals surface area (Å²) < 4.78 is 21.2. The summed E-state index contributed by atoms with van der Waals surface area (Å²) in [5.41, 5.74) is 1.88. The summed E-state index contributed by atoms with van der Waals surface area (Å²) >= 11 is 0. The summed E-state index contributed by atoms with van der Waals surface area (Å²) in [6.07, 6.45) is 0.0728. The van der Waals surface area contributed by atoms with Gasteiger partial charge in [-0.2, -0.15) is 0 Å². The van der Waals surface area contributed by atoms with Crippen LogP contribution in [-0.2, 0) is 20.9 Å². The molecule has 0 bridgehead atoms. The molecule has 0 aliphatic heterocycles. The van der Waals surface area contributed by atoms with Crippen LogP contribution in [0.3, 0.4) is 0 Å². The molecule has 0 atom stereocenters. The fourth-order valence-electron chi connectivity index (χ4n) is 2.84. The number of hydrogen-bond acceptors (Lipinski definition) is 6. The molecule has 7 heteroatoms. The fraction of sp³-hybridized carbons (Fsp3) is 0.391. The van der Waals surface area contributed by atoms with Gasteiger partial charge in [0.25, 0.3) is 5.91 Å². The van der Waals surface area contributed by atoms with Crippen molar-refractivity contribution >= 4 is 11.9 Å². The number of aryl methyl sites for hydroxylation is 1. The highest BCUT2D eigenvalue weighted by Crippen LogP contribution is 2.28. The maximum atomic E-state index is 12.5. The van der Waals surface area contributed by atoms with E-state index < -0.39 is 5.97 Å². The third-order valence-corrected chi connectivity index (χ3v) is 4.57. The third-order valence-electron chi connectivity index (χ3n) is 4.57. The molecule has 0 spiro atoms. The van der Waals surface area contributed by atoms with Gasteiger partial charge in [-0.3, -0.25) is 9.59 Å². The van der Waals surface area contributed by atoms with Crippen molar-refractivity contribution in [1.82, 2.24) is 4.90 Å². The molecule has 162 valence electrons. The van der Waals surface area contributed by atoms with Gasteiger partial charge in [-0.25, -0.2) is 0 Å². The number of benzene rings is 2. The lowest BCUT2D eigenvalue weighted by atomic mass is 10.2. The Kier molecular flexibility index (Phi) is 9.00. The van der Waals surface area contributed by atoms with Crippen LogP contribution in [0, 0.1) is 6.92 Å². The predicted molar refractivity (Wildman–Crippen MR) is 113 cm³/mol. The number of esters is 1. The van der Waals surface area contributed by atoms with Crippen LogP contribution in [0.1, 0.15) is 24.5 Å². The molecule has 0 N–H and O–H groups in total. The zero-order valence-electron chi connectivity index (χ0n) is 18.0. The number of amides is 1. The lowest BCUT2D eigenvalue weighted by Crippen LogP contribution is -2.34. The summed E-state index contributed by atoms with van der Waals surface area (Å²) in [5.74, 6) is 1.21. The zero-order chi connectivity index (χ0) is 21.9. The molecule has 30 heavy (non-hydrogen) atoms. The molecule has 0 unspecified atom stereocenters. The Bertz CT molecular complexity index is 851. The smallest absolute Gasteiger partial charge is 0.309 e. The normalized spacial score (nSPS) is 10.3. The number of hydrogen-bond donors (Lipinski definition) is 0. The van der Waals surface area contributed by atoms with Gasteiger partial charge in [-0.05, 0) is 43.2 Å². The van der Waals surface area contributed by atoms with E-state index in [4.69, 9.17) is 18.9 Å². The Labute approximate surface area is 177 Å². The SMILES string of the molecule is CCN(Cc1ccc(OC)c(OC)c1)C(=O)COC(=O)CCOc1ccccc1C. The lowest BCUT2D eigenvalue weighted by molar-refractivity contribution is -0.152. The largest absolute Gasteiger partial charge is 0.493 e. The molecule has 1 amide bonds. The van der Waals surface area contributed by atoms with Crippen molar-refractivity contribution in [1.29, 1.82) is 0 Å². The highest BCUT2D eigenvalue weighted by molar-refractivity contribution is 5.80. The van der Waals surface area contributed by atoms with Crippen LogP contribution in [0.25, 0.3) is 0 Å². The van der Waals surface area contributed by atoms with E-state index in [1.165, 1.54) is 0 Å². The minimum atomic E-state index is -0.473. The number of rotatable bonds is 11. The summed E-state index contributed by atoms with van der Waals surface area (Å²) in [4.78, 5) is 26.0. The summed E-state index contributed by atoms with van der Waals surface area (Å²) in [7, 11) is 3.13. The molecule has 7 nitrogen and oxygen atoms in total. The van der Waals surface area contributed by atoms with Crippen LogP contribution in [-0.4, -0.2) is 50.8 Å². The van der Waals surface area contributed by atoms with Crippen molar-refractivity contribution in [3.05, 3.63) is 53.6 Å². The van der Waals surface area contributed by atoms with E-state index in [9.17, 15) is 9.59 Å². The number of nitrogens with zero attached hydrogens (tertiary/aromatic N) is 1.